The van der Waals surface area contributed by atoms with Gasteiger partial charge in [-0.1, -0.05) is 66.7 Å². The summed E-state index contributed by atoms with van der Waals surface area (Å²) in [6.45, 7) is 12.9. The van der Waals surface area contributed by atoms with Gasteiger partial charge in [0.05, 0.1) is 0 Å². The number of piperidine rings is 1. The zero-order chi connectivity index (χ0) is 18.0. The third kappa shape index (κ3) is 4.29. The van der Waals surface area contributed by atoms with Crippen LogP contribution < -0.4 is 5.43 Å². The highest BCUT2D eigenvalue weighted by Crippen LogP contribution is 2.43. The van der Waals surface area contributed by atoms with E-state index < -0.39 is 0 Å². The molecule has 0 saturated carbocycles. The van der Waals surface area contributed by atoms with Crippen molar-refractivity contribution in [3.8, 4) is 0 Å². The Labute approximate surface area is 147 Å². The minimum Gasteiger partial charge on any atom is -0.243 e. The molecule has 2 aliphatic rings. The molecule has 2 fully saturated rings. The summed E-state index contributed by atoms with van der Waals surface area (Å²) in [5.41, 5.74) is 3.10. The molecule has 5 nitrogen and oxygen atoms in total. The van der Waals surface area contributed by atoms with Crippen LogP contribution in [0.2, 0.25) is 0 Å². The standard InChI is InChI=1S/C19H35N3O2/c1-6-7-8-9-10-11-12-21-16(23)20-22(17(21)24)14-18(2,3)13-19(4,5)15-22/h6-15H2,1-5H3/p+1. The number of hydrogen-bond donors (Lipinski definition) is 1. The summed E-state index contributed by atoms with van der Waals surface area (Å²) in [6, 6.07) is -0.253. The first-order valence-corrected chi connectivity index (χ1v) is 9.62. The molecule has 0 aromatic rings. The van der Waals surface area contributed by atoms with E-state index in [1.807, 2.05) is 0 Å². The quantitative estimate of drug-likeness (QED) is 0.541. The fourth-order valence-electron chi connectivity index (χ4n) is 5.00. The Morgan fingerprint density at radius 1 is 0.958 bits per heavy atom. The molecule has 24 heavy (non-hydrogen) atoms. The summed E-state index contributed by atoms with van der Waals surface area (Å²) in [5, 5.41) is 0. The number of carbonyl (C=O) groups is 2. The highest BCUT2D eigenvalue weighted by molar-refractivity contribution is 5.94. The molecule has 2 saturated heterocycles. The molecule has 0 aromatic heterocycles. The van der Waals surface area contributed by atoms with Gasteiger partial charge in [-0.05, 0) is 12.8 Å². The van der Waals surface area contributed by atoms with E-state index >= 15 is 0 Å². The zero-order valence-corrected chi connectivity index (χ0v) is 16.3. The van der Waals surface area contributed by atoms with Crippen molar-refractivity contribution in [2.45, 2.75) is 79.6 Å². The van der Waals surface area contributed by atoms with Crippen LogP contribution in [0.15, 0.2) is 0 Å². The average Bonchev–Trinajstić information content (AvgIpc) is 2.62. The van der Waals surface area contributed by atoms with Crippen molar-refractivity contribution in [1.29, 1.82) is 0 Å². The monoisotopic (exact) mass is 338 g/mol. The average molecular weight is 339 g/mol. The van der Waals surface area contributed by atoms with Crippen molar-refractivity contribution in [2.24, 2.45) is 10.8 Å². The Morgan fingerprint density at radius 3 is 2.08 bits per heavy atom. The maximum absolute atomic E-state index is 13.0. The van der Waals surface area contributed by atoms with Crippen LogP contribution in [0.4, 0.5) is 9.59 Å². The Hall–Kier alpha value is -1.10. The van der Waals surface area contributed by atoms with Gasteiger partial charge in [-0.25, -0.2) is 14.5 Å². The van der Waals surface area contributed by atoms with Gasteiger partial charge in [-0.15, -0.1) is 4.59 Å². The van der Waals surface area contributed by atoms with E-state index in [2.05, 4.69) is 40.0 Å². The van der Waals surface area contributed by atoms with E-state index in [0.717, 1.165) is 19.3 Å². The van der Waals surface area contributed by atoms with E-state index in [0.29, 0.717) is 19.6 Å². The van der Waals surface area contributed by atoms with Gasteiger partial charge in [-0.3, -0.25) is 0 Å². The Bertz CT molecular complexity index is 469. The van der Waals surface area contributed by atoms with Crippen molar-refractivity contribution in [3.05, 3.63) is 0 Å². The van der Waals surface area contributed by atoms with Crippen molar-refractivity contribution >= 4 is 12.1 Å². The molecule has 0 radical (unpaired) electrons. The number of quaternary nitrogens is 1. The van der Waals surface area contributed by atoms with Gasteiger partial charge >= 0.3 is 12.1 Å². The summed E-state index contributed by atoms with van der Waals surface area (Å²) in [6.07, 6.45) is 8.02. The normalized spacial score (nSPS) is 24.5. The maximum Gasteiger partial charge on any atom is 0.452 e. The molecule has 0 bridgehead atoms. The van der Waals surface area contributed by atoms with Crippen LogP contribution in [-0.2, 0) is 0 Å². The first kappa shape index (κ1) is 19.2. The van der Waals surface area contributed by atoms with Crippen LogP contribution in [0.5, 0.6) is 0 Å². The molecule has 5 heteroatoms. The van der Waals surface area contributed by atoms with Gasteiger partial charge in [0.25, 0.3) is 0 Å². The lowest BCUT2D eigenvalue weighted by atomic mass is 9.71. The SMILES string of the molecule is CCCCCCCCN1C(=O)N[N+]2(CC(C)(C)CC(C)(C)C2)C1=O. The fraction of sp³-hybridized carbons (Fsp3) is 0.895. The molecule has 0 aromatic carbocycles. The number of imide groups is 1. The molecule has 1 spiro atoms. The lowest BCUT2D eigenvalue weighted by molar-refractivity contribution is -0.899. The van der Waals surface area contributed by atoms with Crippen LogP contribution in [0, 0.1) is 10.8 Å². The summed E-state index contributed by atoms with van der Waals surface area (Å²) in [5.74, 6) is 0. The van der Waals surface area contributed by atoms with Gasteiger partial charge in [0, 0.05) is 17.4 Å². The highest BCUT2D eigenvalue weighted by atomic mass is 16.2. The third-order valence-electron chi connectivity index (χ3n) is 5.24. The van der Waals surface area contributed by atoms with Crippen molar-refractivity contribution in [1.82, 2.24) is 10.3 Å². The summed E-state index contributed by atoms with van der Waals surface area (Å²) in [7, 11) is 0. The molecule has 1 N–H and O–H groups in total. The topological polar surface area (TPSA) is 49.4 Å². The molecule has 0 unspecified atom stereocenters. The third-order valence-corrected chi connectivity index (χ3v) is 5.24. The first-order chi connectivity index (χ1) is 11.1. The summed E-state index contributed by atoms with van der Waals surface area (Å²) >= 11 is 0. The van der Waals surface area contributed by atoms with E-state index in [9.17, 15) is 9.59 Å². The largest absolute Gasteiger partial charge is 0.452 e. The number of hydrogen-bond acceptors (Lipinski definition) is 2. The van der Waals surface area contributed by atoms with Crippen molar-refractivity contribution in [2.75, 3.05) is 19.6 Å². The van der Waals surface area contributed by atoms with E-state index in [4.69, 9.17) is 0 Å². The van der Waals surface area contributed by atoms with Gasteiger partial charge in [0.1, 0.15) is 13.1 Å². The number of unbranched alkanes of at least 4 members (excludes halogenated alkanes) is 5. The van der Waals surface area contributed by atoms with E-state index in [-0.39, 0.29) is 27.5 Å². The Balaban J connectivity index is 1.98. The van der Waals surface area contributed by atoms with Crippen LogP contribution in [-0.4, -0.2) is 41.2 Å². The number of nitrogens with zero attached hydrogens (tertiary/aromatic N) is 2. The van der Waals surface area contributed by atoms with Crippen LogP contribution in [0.25, 0.3) is 0 Å². The molecule has 4 amide bonds. The number of nitrogens with one attached hydrogen (secondary N) is 1. The highest BCUT2D eigenvalue weighted by Gasteiger charge is 2.60. The van der Waals surface area contributed by atoms with Gasteiger partial charge in [0.15, 0.2) is 0 Å². The fourth-order valence-corrected chi connectivity index (χ4v) is 5.00. The second-order valence-electron chi connectivity index (χ2n) is 9.41. The molecule has 2 aliphatic heterocycles. The lowest BCUT2D eigenvalue weighted by Crippen LogP contribution is -2.67. The zero-order valence-electron chi connectivity index (χ0n) is 16.3. The second-order valence-corrected chi connectivity index (χ2v) is 9.41. The predicted octanol–water partition coefficient (Wildman–Crippen LogP) is 4.68. The molecule has 0 aliphatic carbocycles. The van der Waals surface area contributed by atoms with Gasteiger partial charge in [-0.2, -0.15) is 5.43 Å². The Kier molecular flexibility index (Phi) is 5.63. The molecular weight excluding hydrogens is 302 g/mol. The molecule has 2 rings (SSSR count). The van der Waals surface area contributed by atoms with Crippen LogP contribution >= 0.6 is 0 Å². The number of urea groups is 2. The summed E-state index contributed by atoms with van der Waals surface area (Å²) in [4.78, 5) is 26.9. The maximum atomic E-state index is 13.0. The molecular formula is C19H36N3O2+. The van der Waals surface area contributed by atoms with E-state index in [1.54, 1.807) is 0 Å². The van der Waals surface area contributed by atoms with Gasteiger partial charge in [0.2, 0.25) is 0 Å². The van der Waals surface area contributed by atoms with Crippen molar-refractivity contribution in [3.63, 3.8) is 0 Å². The number of amides is 4. The van der Waals surface area contributed by atoms with Crippen molar-refractivity contribution < 1.29 is 14.2 Å². The molecule has 138 valence electrons. The minimum absolute atomic E-state index is 0.0425. The van der Waals surface area contributed by atoms with Crippen LogP contribution in [0.3, 0.4) is 0 Å². The lowest BCUT2D eigenvalue weighted by Gasteiger charge is -2.47. The van der Waals surface area contributed by atoms with E-state index in [1.165, 1.54) is 30.6 Å². The smallest absolute Gasteiger partial charge is 0.243 e. The summed E-state index contributed by atoms with van der Waals surface area (Å²) < 4.78 is 0.106. The Morgan fingerprint density at radius 2 is 1.50 bits per heavy atom. The van der Waals surface area contributed by atoms with Gasteiger partial charge < -0.3 is 0 Å². The number of rotatable bonds is 7. The van der Waals surface area contributed by atoms with Crippen LogP contribution in [0.1, 0.15) is 79.6 Å². The minimum atomic E-state index is -0.206. The predicted molar refractivity (Wildman–Crippen MR) is 96.2 cm³/mol. The molecule has 0 atom stereocenters. The number of carbonyl (C=O) groups excluding carboxylic acids is 2. The first-order valence-electron chi connectivity index (χ1n) is 9.62. The second kappa shape index (κ2) is 7.03. The molecule has 2 heterocycles.